The van der Waals surface area contributed by atoms with Gasteiger partial charge in [-0.2, -0.15) is 0 Å². The lowest BCUT2D eigenvalue weighted by molar-refractivity contribution is -0.138. The van der Waals surface area contributed by atoms with Gasteiger partial charge in [-0.15, -0.1) is 0 Å². The van der Waals surface area contributed by atoms with E-state index in [1.54, 1.807) is 0 Å². The van der Waals surface area contributed by atoms with E-state index in [0.717, 1.165) is 19.3 Å². The predicted octanol–water partition coefficient (Wildman–Crippen LogP) is 1.90. The summed E-state index contributed by atoms with van der Waals surface area (Å²) in [7, 11) is 0. The summed E-state index contributed by atoms with van der Waals surface area (Å²) >= 11 is 0. The molecule has 0 radical (unpaired) electrons. The standard InChI is InChI=1S/C12H25NO3/c1-2-3-4-5-6-7-10(14)8-9-11(13)12(15)16/h10-11,14H,2-9,13H2,1H3,(H,15,16). The number of carbonyl (C=O) groups is 1. The van der Waals surface area contributed by atoms with Crippen molar-refractivity contribution < 1.29 is 15.0 Å². The summed E-state index contributed by atoms with van der Waals surface area (Å²) in [5.41, 5.74) is 5.35. The van der Waals surface area contributed by atoms with Crippen molar-refractivity contribution in [3.8, 4) is 0 Å². The van der Waals surface area contributed by atoms with Crippen LogP contribution in [0, 0.1) is 0 Å². The Morgan fingerprint density at radius 2 is 1.75 bits per heavy atom. The van der Waals surface area contributed by atoms with Crippen molar-refractivity contribution in [2.75, 3.05) is 0 Å². The van der Waals surface area contributed by atoms with Gasteiger partial charge in [0.05, 0.1) is 6.10 Å². The molecule has 0 saturated carbocycles. The van der Waals surface area contributed by atoms with Crippen molar-refractivity contribution in [3.63, 3.8) is 0 Å². The lowest BCUT2D eigenvalue weighted by atomic mass is 10.0. The Kier molecular flexibility index (Phi) is 9.24. The molecule has 0 aromatic rings. The topological polar surface area (TPSA) is 83.5 Å². The molecule has 0 rings (SSSR count). The van der Waals surface area contributed by atoms with Crippen molar-refractivity contribution in [3.05, 3.63) is 0 Å². The van der Waals surface area contributed by atoms with E-state index in [-0.39, 0.29) is 0 Å². The minimum Gasteiger partial charge on any atom is -0.480 e. The van der Waals surface area contributed by atoms with Gasteiger partial charge < -0.3 is 15.9 Å². The number of nitrogens with two attached hydrogens (primary N) is 1. The quantitative estimate of drug-likeness (QED) is 0.501. The Hall–Kier alpha value is -0.610. The normalized spacial score (nSPS) is 14.7. The fraction of sp³-hybridized carbons (Fsp3) is 0.917. The molecule has 0 spiro atoms. The summed E-state index contributed by atoms with van der Waals surface area (Å²) in [6.45, 7) is 2.17. The van der Waals surface area contributed by atoms with Gasteiger partial charge in [0.2, 0.25) is 0 Å². The number of carboxylic acid groups (broad SMARTS) is 1. The van der Waals surface area contributed by atoms with E-state index in [4.69, 9.17) is 10.8 Å². The van der Waals surface area contributed by atoms with Crippen LogP contribution in [0.3, 0.4) is 0 Å². The third-order valence-corrected chi connectivity index (χ3v) is 2.77. The summed E-state index contributed by atoms with van der Waals surface area (Å²) in [5.74, 6) is -0.991. The highest BCUT2D eigenvalue weighted by Crippen LogP contribution is 2.11. The molecule has 0 amide bonds. The fourth-order valence-electron chi connectivity index (χ4n) is 1.62. The zero-order chi connectivity index (χ0) is 12.4. The number of aliphatic carboxylic acids is 1. The summed E-state index contributed by atoms with van der Waals surface area (Å²) in [5, 5.41) is 18.1. The Bertz CT molecular complexity index is 185. The largest absolute Gasteiger partial charge is 0.480 e. The van der Waals surface area contributed by atoms with E-state index >= 15 is 0 Å². The van der Waals surface area contributed by atoms with Crippen LogP contribution in [0.1, 0.15) is 58.3 Å². The molecular weight excluding hydrogens is 206 g/mol. The third-order valence-electron chi connectivity index (χ3n) is 2.77. The van der Waals surface area contributed by atoms with Gasteiger partial charge in [0.15, 0.2) is 0 Å². The molecule has 2 unspecified atom stereocenters. The SMILES string of the molecule is CCCCCCCC(O)CCC(N)C(=O)O. The van der Waals surface area contributed by atoms with Gasteiger partial charge in [-0.1, -0.05) is 39.0 Å². The molecule has 4 nitrogen and oxygen atoms in total. The molecule has 96 valence electrons. The second-order valence-electron chi connectivity index (χ2n) is 4.38. The molecule has 0 fully saturated rings. The van der Waals surface area contributed by atoms with Crippen LogP contribution in [-0.2, 0) is 4.79 Å². The maximum Gasteiger partial charge on any atom is 0.320 e. The van der Waals surface area contributed by atoms with Crippen LogP contribution in [0.15, 0.2) is 0 Å². The molecule has 4 N–H and O–H groups in total. The Balaban J connectivity index is 3.37. The molecule has 0 saturated heterocycles. The monoisotopic (exact) mass is 231 g/mol. The molecule has 16 heavy (non-hydrogen) atoms. The van der Waals surface area contributed by atoms with Crippen LogP contribution in [0.25, 0.3) is 0 Å². The Morgan fingerprint density at radius 3 is 2.31 bits per heavy atom. The zero-order valence-electron chi connectivity index (χ0n) is 10.2. The molecule has 0 aliphatic rings. The second-order valence-corrected chi connectivity index (χ2v) is 4.38. The molecule has 0 aromatic heterocycles. The van der Waals surface area contributed by atoms with E-state index < -0.39 is 18.1 Å². The Labute approximate surface area is 97.8 Å². The highest BCUT2D eigenvalue weighted by Gasteiger charge is 2.13. The van der Waals surface area contributed by atoms with E-state index in [0.29, 0.717) is 12.8 Å². The lowest BCUT2D eigenvalue weighted by Gasteiger charge is -2.12. The highest BCUT2D eigenvalue weighted by atomic mass is 16.4. The van der Waals surface area contributed by atoms with E-state index in [2.05, 4.69) is 6.92 Å². The lowest BCUT2D eigenvalue weighted by Crippen LogP contribution is -2.31. The molecule has 0 aromatic carbocycles. The van der Waals surface area contributed by atoms with E-state index in [9.17, 15) is 9.90 Å². The first kappa shape index (κ1) is 15.4. The van der Waals surface area contributed by atoms with Crippen LogP contribution in [0.5, 0.6) is 0 Å². The van der Waals surface area contributed by atoms with Gasteiger partial charge in [0, 0.05) is 0 Å². The number of unbranched alkanes of at least 4 members (excludes halogenated alkanes) is 4. The minimum atomic E-state index is -0.991. The van der Waals surface area contributed by atoms with Crippen molar-refractivity contribution >= 4 is 5.97 Å². The molecule has 0 aliphatic heterocycles. The highest BCUT2D eigenvalue weighted by molar-refractivity contribution is 5.72. The molecular formula is C12H25NO3. The number of aliphatic hydroxyl groups is 1. The molecule has 0 bridgehead atoms. The number of aliphatic hydroxyl groups excluding tert-OH is 1. The van der Waals surface area contributed by atoms with Crippen LogP contribution in [0.4, 0.5) is 0 Å². The van der Waals surface area contributed by atoms with Crippen LogP contribution < -0.4 is 5.73 Å². The summed E-state index contributed by atoms with van der Waals surface area (Å²) in [6, 6.07) is -0.838. The van der Waals surface area contributed by atoms with Crippen molar-refractivity contribution in [2.24, 2.45) is 5.73 Å². The number of hydrogen-bond donors (Lipinski definition) is 3. The molecule has 0 aliphatic carbocycles. The van der Waals surface area contributed by atoms with Gasteiger partial charge in [-0.25, -0.2) is 0 Å². The zero-order valence-corrected chi connectivity index (χ0v) is 10.2. The van der Waals surface area contributed by atoms with Crippen molar-refractivity contribution in [1.29, 1.82) is 0 Å². The van der Waals surface area contributed by atoms with E-state index in [1.165, 1.54) is 19.3 Å². The van der Waals surface area contributed by atoms with Crippen LogP contribution >= 0.6 is 0 Å². The maximum absolute atomic E-state index is 10.4. The smallest absolute Gasteiger partial charge is 0.320 e. The first-order chi connectivity index (χ1) is 7.57. The van der Waals surface area contributed by atoms with E-state index in [1.807, 2.05) is 0 Å². The molecule has 0 heterocycles. The number of carboxylic acids is 1. The third kappa shape index (κ3) is 8.68. The predicted molar refractivity (Wildman–Crippen MR) is 64.2 cm³/mol. The average molecular weight is 231 g/mol. The van der Waals surface area contributed by atoms with Gasteiger partial charge >= 0.3 is 5.97 Å². The Morgan fingerprint density at radius 1 is 1.12 bits per heavy atom. The first-order valence-electron chi connectivity index (χ1n) is 6.24. The molecule has 2 atom stereocenters. The van der Waals surface area contributed by atoms with Gasteiger partial charge in [0.1, 0.15) is 6.04 Å². The van der Waals surface area contributed by atoms with Gasteiger partial charge in [-0.05, 0) is 19.3 Å². The van der Waals surface area contributed by atoms with Crippen LogP contribution in [-0.4, -0.2) is 28.3 Å². The maximum atomic E-state index is 10.4. The fourth-order valence-corrected chi connectivity index (χ4v) is 1.62. The summed E-state index contributed by atoms with van der Waals surface area (Å²) in [6.07, 6.45) is 7.06. The average Bonchev–Trinajstić information content (AvgIpc) is 2.25. The van der Waals surface area contributed by atoms with Gasteiger partial charge in [0.25, 0.3) is 0 Å². The first-order valence-corrected chi connectivity index (χ1v) is 6.24. The second kappa shape index (κ2) is 9.60. The minimum absolute atomic E-state index is 0.353. The van der Waals surface area contributed by atoms with Gasteiger partial charge in [-0.3, -0.25) is 4.79 Å². The molecule has 4 heteroatoms. The summed E-state index contributed by atoms with van der Waals surface area (Å²) < 4.78 is 0. The van der Waals surface area contributed by atoms with Crippen molar-refractivity contribution in [1.82, 2.24) is 0 Å². The summed E-state index contributed by atoms with van der Waals surface area (Å²) in [4.78, 5) is 10.4. The number of rotatable bonds is 10. The van der Waals surface area contributed by atoms with Crippen molar-refractivity contribution in [2.45, 2.75) is 70.4 Å². The van der Waals surface area contributed by atoms with Crippen LogP contribution in [0.2, 0.25) is 0 Å². The number of hydrogen-bond acceptors (Lipinski definition) is 3.